The Balaban J connectivity index is 2.57. The van der Waals surface area contributed by atoms with Crippen molar-refractivity contribution in [3.8, 4) is 11.5 Å². The van der Waals surface area contributed by atoms with E-state index in [0.717, 1.165) is 37.0 Å². The molecule has 0 aromatic heterocycles. The molecule has 1 aromatic carbocycles. The average Bonchev–Trinajstić information content (AvgIpc) is 2.56. The first-order valence-corrected chi connectivity index (χ1v) is 7.27. The molecule has 0 aliphatic carbocycles. The fourth-order valence-corrected chi connectivity index (χ4v) is 2.09. The van der Waals surface area contributed by atoms with E-state index < -0.39 is 0 Å². The highest BCUT2D eigenvalue weighted by Crippen LogP contribution is 2.27. The zero-order valence-electron chi connectivity index (χ0n) is 14.2. The number of hydrogen-bond acceptors (Lipinski definition) is 4. The van der Waals surface area contributed by atoms with E-state index in [4.69, 9.17) is 14.2 Å². The molecule has 0 spiro atoms. The standard InChI is InChI=1S/C16H27N3O3/c1-17-16(18-9-11-20-3)19(2)10-8-13-6-7-14(21-4)15(12-13)22-5/h6-7,12H,8-11H2,1-5H3,(H,17,18). The van der Waals surface area contributed by atoms with E-state index in [1.165, 1.54) is 5.56 Å². The Morgan fingerprint density at radius 2 is 1.91 bits per heavy atom. The maximum Gasteiger partial charge on any atom is 0.193 e. The van der Waals surface area contributed by atoms with E-state index >= 15 is 0 Å². The zero-order valence-corrected chi connectivity index (χ0v) is 14.2. The van der Waals surface area contributed by atoms with Crippen LogP contribution in [0.2, 0.25) is 0 Å². The van der Waals surface area contributed by atoms with Gasteiger partial charge in [0.05, 0.1) is 20.8 Å². The summed E-state index contributed by atoms with van der Waals surface area (Å²) in [5.41, 5.74) is 1.19. The van der Waals surface area contributed by atoms with Crippen LogP contribution in [0.5, 0.6) is 11.5 Å². The Morgan fingerprint density at radius 1 is 1.18 bits per heavy atom. The molecule has 0 amide bonds. The molecule has 0 fully saturated rings. The van der Waals surface area contributed by atoms with Gasteiger partial charge in [-0.1, -0.05) is 6.07 Å². The first-order valence-electron chi connectivity index (χ1n) is 7.27. The minimum atomic E-state index is 0.655. The minimum Gasteiger partial charge on any atom is -0.493 e. The van der Waals surface area contributed by atoms with E-state index in [1.54, 1.807) is 28.4 Å². The number of aliphatic imine (C=N–C) groups is 1. The number of guanidine groups is 1. The van der Waals surface area contributed by atoms with Gasteiger partial charge in [0.15, 0.2) is 17.5 Å². The van der Waals surface area contributed by atoms with Crippen LogP contribution >= 0.6 is 0 Å². The molecule has 0 aliphatic heterocycles. The molecule has 0 saturated carbocycles. The van der Waals surface area contributed by atoms with Crippen molar-refractivity contribution < 1.29 is 14.2 Å². The lowest BCUT2D eigenvalue weighted by Crippen LogP contribution is -2.41. The highest BCUT2D eigenvalue weighted by atomic mass is 16.5. The van der Waals surface area contributed by atoms with Crippen LogP contribution in [-0.2, 0) is 11.2 Å². The number of nitrogens with one attached hydrogen (secondary N) is 1. The molecule has 22 heavy (non-hydrogen) atoms. The monoisotopic (exact) mass is 309 g/mol. The van der Waals surface area contributed by atoms with E-state index in [0.29, 0.717) is 6.61 Å². The number of rotatable bonds is 8. The Bertz CT molecular complexity index is 478. The van der Waals surface area contributed by atoms with Crippen molar-refractivity contribution in [2.75, 3.05) is 55.1 Å². The normalized spacial score (nSPS) is 11.2. The summed E-state index contributed by atoms with van der Waals surface area (Å²) < 4.78 is 15.6. The van der Waals surface area contributed by atoms with Gasteiger partial charge in [-0.15, -0.1) is 0 Å². The van der Waals surface area contributed by atoms with E-state index in [2.05, 4.69) is 21.3 Å². The zero-order chi connectivity index (χ0) is 16.4. The number of likely N-dealkylation sites (N-methyl/N-ethyl adjacent to an activating group) is 1. The molecule has 1 aromatic rings. The lowest BCUT2D eigenvalue weighted by molar-refractivity contribution is 0.203. The van der Waals surface area contributed by atoms with Gasteiger partial charge in [0.25, 0.3) is 0 Å². The predicted octanol–water partition coefficient (Wildman–Crippen LogP) is 1.40. The molecular weight excluding hydrogens is 282 g/mol. The Morgan fingerprint density at radius 3 is 2.50 bits per heavy atom. The molecule has 0 radical (unpaired) electrons. The van der Waals surface area contributed by atoms with Crippen molar-refractivity contribution in [2.45, 2.75) is 6.42 Å². The van der Waals surface area contributed by atoms with Crippen molar-refractivity contribution in [1.29, 1.82) is 0 Å². The quantitative estimate of drug-likeness (QED) is 0.447. The van der Waals surface area contributed by atoms with Gasteiger partial charge < -0.3 is 24.4 Å². The number of hydrogen-bond donors (Lipinski definition) is 1. The van der Waals surface area contributed by atoms with Gasteiger partial charge in [-0.05, 0) is 24.1 Å². The molecule has 0 saturated heterocycles. The molecule has 0 atom stereocenters. The fraction of sp³-hybridized carbons (Fsp3) is 0.562. The second-order valence-electron chi connectivity index (χ2n) is 4.83. The molecule has 6 nitrogen and oxygen atoms in total. The molecule has 1 N–H and O–H groups in total. The topological polar surface area (TPSA) is 55.3 Å². The van der Waals surface area contributed by atoms with Crippen molar-refractivity contribution >= 4 is 5.96 Å². The summed E-state index contributed by atoms with van der Waals surface area (Å²) in [6.45, 7) is 2.24. The summed E-state index contributed by atoms with van der Waals surface area (Å²) in [5.74, 6) is 2.36. The molecule has 124 valence electrons. The summed E-state index contributed by atoms with van der Waals surface area (Å²) in [5, 5.41) is 3.25. The van der Waals surface area contributed by atoms with Gasteiger partial charge in [-0.25, -0.2) is 0 Å². The van der Waals surface area contributed by atoms with Crippen LogP contribution in [0.15, 0.2) is 23.2 Å². The molecular formula is C16H27N3O3. The summed E-state index contributed by atoms with van der Waals surface area (Å²) in [6, 6.07) is 5.99. The third kappa shape index (κ3) is 5.44. The van der Waals surface area contributed by atoms with Crippen molar-refractivity contribution in [2.24, 2.45) is 4.99 Å². The molecule has 0 unspecified atom stereocenters. The van der Waals surface area contributed by atoms with Crippen molar-refractivity contribution in [3.63, 3.8) is 0 Å². The first-order chi connectivity index (χ1) is 10.7. The predicted molar refractivity (Wildman–Crippen MR) is 89.1 cm³/mol. The highest BCUT2D eigenvalue weighted by molar-refractivity contribution is 5.79. The second kappa shape index (κ2) is 9.89. The van der Waals surface area contributed by atoms with Crippen molar-refractivity contribution in [3.05, 3.63) is 23.8 Å². The lowest BCUT2D eigenvalue weighted by Gasteiger charge is -2.22. The van der Waals surface area contributed by atoms with Crippen molar-refractivity contribution in [1.82, 2.24) is 10.2 Å². The SMILES string of the molecule is CN=C(NCCOC)N(C)CCc1ccc(OC)c(OC)c1. The van der Waals surface area contributed by atoms with Crippen LogP contribution in [-0.4, -0.2) is 66.0 Å². The van der Waals surface area contributed by atoms with Crippen LogP contribution in [0.1, 0.15) is 5.56 Å². The average molecular weight is 309 g/mol. The number of nitrogens with zero attached hydrogens (tertiary/aromatic N) is 2. The van der Waals surface area contributed by atoms with Gasteiger partial charge in [0, 0.05) is 34.3 Å². The number of methoxy groups -OCH3 is 3. The second-order valence-corrected chi connectivity index (χ2v) is 4.83. The maximum atomic E-state index is 5.33. The van der Waals surface area contributed by atoms with E-state index in [1.807, 2.05) is 19.2 Å². The maximum absolute atomic E-state index is 5.33. The van der Waals surface area contributed by atoms with Gasteiger partial charge in [0.1, 0.15) is 0 Å². The Labute approximate surface area is 133 Å². The number of ether oxygens (including phenoxy) is 3. The molecule has 1 rings (SSSR count). The van der Waals surface area contributed by atoms with Crippen LogP contribution < -0.4 is 14.8 Å². The fourth-order valence-electron chi connectivity index (χ4n) is 2.09. The van der Waals surface area contributed by atoms with E-state index in [9.17, 15) is 0 Å². The minimum absolute atomic E-state index is 0.655. The van der Waals surface area contributed by atoms with Gasteiger partial charge >= 0.3 is 0 Å². The first kappa shape index (κ1) is 18.1. The van der Waals surface area contributed by atoms with Gasteiger partial charge in [-0.2, -0.15) is 0 Å². The highest BCUT2D eigenvalue weighted by Gasteiger charge is 2.08. The summed E-state index contributed by atoms with van der Waals surface area (Å²) >= 11 is 0. The van der Waals surface area contributed by atoms with Crippen LogP contribution in [0, 0.1) is 0 Å². The third-order valence-electron chi connectivity index (χ3n) is 3.35. The third-order valence-corrected chi connectivity index (χ3v) is 3.35. The lowest BCUT2D eigenvalue weighted by atomic mass is 10.1. The summed E-state index contributed by atoms with van der Waals surface area (Å²) in [7, 11) is 8.77. The number of benzene rings is 1. The Hall–Kier alpha value is -1.95. The van der Waals surface area contributed by atoms with Crippen LogP contribution in [0.3, 0.4) is 0 Å². The summed E-state index contributed by atoms with van der Waals surface area (Å²) in [6.07, 6.45) is 0.891. The molecule has 0 heterocycles. The van der Waals surface area contributed by atoms with E-state index in [-0.39, 0.29) is 0 Å². The summed E-state index contributed by atoms with van der Waals surface area (Å²) in [4.78, 5) is 6.35. The van der Waals surface area contributed by atoms with Crippen LogP contribution in [0.25, 0.3) is 0 Å². The van der Waals surface area contributed by atoms with Gasteiger partial charge in [0.2, 0.25) is 0 Å². The Kier molecular flexibility index (Phi) is 8.14. The largest absolute Gasteiger partial charge is 0.493 e. The molecule has 6 heteroatoms. The van der Waals surface area contributed by atoms with Crippen LogP contribution in [0.4, 0.5) is 0 Å². The molecule has 0 bridgehead atoms. The van der Waals surface area contributed by atoms with Gasteiger partial charge in [-0.3, -0.25) is 4.99 Å². The molecule has 0 aliphatic rings. The smallest absolute Gasteiger partial charge is 0.193 e.